The van der Waals surface area contributed by atoms with Crippen molar-refractivity contribution in [2.24, 2.45) is 0 Å². The SMILES string of the molecule is N#[N+]c1ccc2cc([N+](=O)[O-])ccc2c1O. The molecule has 0 radical (unpaired) electrons. The maximum absolute atomic E-state index is 10.5. The van der Waals surface area contributed by atoms with E-state index < -0.39 is 4.92 Å². The van der Waals surface area contributed by atoms with Gasteiger partial charge in [0.15, 0.2) is 4.98 Å². The van der Waals surface area contributed by atoms with Gasteiger partial charge in [0, 0.05) is 23.6 Å². The summed E-state index contributed by atoms with van der Waals surface area (Å²) >= 11 is 0. The van der Waals surface area contributed by atoms with Crippen molar-refractivity contribution in [1.82, 2.24) is 0 Å². The first-order chi connectivity index (χ1) is 7.63. The number of diazo groups is 1. The van der Waals surface area contributed by atoms with E-state index in [1.165, 1.54) is 30.3 Å². The van der Waals surface area contributed by atoms with Crippen LogP contribution in [0.2, 0.25) is 0 Å². The number of phenols is 1. The molecule has 0 unspecified atom stereocenters. The van der Waals surface area contributed by atoms with Crippen molar-refractivity contribution in [3.8, 4) is 5.75 Å². The minimum absolute atomic E-state index is 0.0290. The molecular weight excluding hydrogens is 210 g/mol. The number of hydrogen-bond donors (Lipinski definition) is 1. The molecule has 6 nitrogen and oxygen atoms in total. The highest BCUT2D eigenvalue weighted by Crippen LogP contribution is 2.35. The van der Waals surface area contributed by atoms with Gasteiger partial charge in [-0.25, -0.2) is 0 Å². The summed E-state index contributed by atoms with van der Waals surface area (Å²) in [5.74, 6) is -0.199. The van der Waals surface area contributed by atoms with Crippen LogP contribution >= 0.6 is 0 Å². The molecule has 0 aliphatic rings. The summed E-state index contributed by atoms with van der Waals surface area (Å²) in [6, 6.07) is 6.95. The highest BCUT2D eigenvalue weighted by atomic mass is 16.6. The fraction of sp³-hybridized carbons (Fsp3) is 0. The molecule has 78 valence electrons. The molecule has 0 bridgehead atoms. The second-order valence-corrected chi connectivity index (χ2v) is 3.20. The van der Waals surface area contributed by atoms with Gasteiger partial charge in [0.1, 0.15) is 0 Å². The lowest BCUT2D eigenvalue weighted by Crippen LogP contribution is -1.87. The van der Waals surface area contributed by atoms with Gasteiger partial charge in [-0.2, -0.15) is 0 Å². The lowest BCUT2D eigenvalue weighted by molar-refractivity contribution is -0.384. The number of nitro groups is 1. The molecule has 0 atom stereocenters. The Balaban J connectivity index is 2.76. The van der Waals surface area contributed by atoms with Crippen molar-refractivity contribution in [2.75, 3.05) is 0 Å². The number of rotatable bonds is 1. The molecule has 0 fully saturated rings. The van der Waals surface area contributed by atoms with E-state index in [1.54, 1.807) is 0 Å². The maximum Gasteiger partial charge on any atom is 0.426 e. The minimum Gasteiger partial charge on any atom is -0.501 e. The molecule has 0 saturated carbocycles. The van der Waals surface area contributed by atoms with Gasteiger partial charge in [0.25, 0.3) is 5.69 Å². The van der Waals surface area contributed by atoms with Crippen molar-refractivity contribution in [1.29, 1.82) is 5.39 Å². The molecule has 6 heteroatoms. The monoisotopic (exact) mass is 216 g/mol. The highest BCUT2D eigenvalue weighted by Gasteiger charge is 2.17. The first-order valence-corrected chi connectivity index (χ1v) is 4.38. The van der Waals surface area contributed by atoms with Gasteiger partial charge >= 0.3 is 5.69 Å². The van der Waals surface area contributed by atoms with Crippen molar-refractivity contribution >= 4 is 22.1 Å². The van der Waals surface area contributed by atoms with E-state index in [0.717, 1.165) is 0 Å². The van der Waals surface area contributed by atoms with Crippen molar-refractivity contribution in [3.63, 3.8) is 0 Å². The van der Waals surface area contributed by atoms with Crippen LogP contribution in [0, 0.1) is 15.5 Å². The molecule has 16 heavy (non-hydrogen) atoms. The Labute approximate surface area is 89.5 Å². The zero-order chi connectivity index (χ0) is 11.7. The van der Waals surface area contributed by atoms with Gasteiger partial charge in [-0.3, -0.25) is 10.1 Å². The number of fused-ring (bicyclic) bond motifs is 1. The van der Waals surface area contributed by atoms with E-state index in [2.05, 4.69) is 4.98 Å². The number of phenolic OH excluding ortho intramolecular Hbond substituents is 1. The summed E-state index contributed by atoms with van der Waals surface area (Å²) in [5.41, 5.74) is -0.0260. The van der Waals surface area contributed by atoms with Gasteiger partial charge in [-0.15, -0.1) is 0 Å². The molecule has 0 aromatic heterocycles. The van der Waals surface area contributed by atoms with Crippen LogP contribution in [0.3, 0.4) is 0 Å². The van der Waals surface area contributed by atoms with Gasteiger partial charge in [0.05, 0.1) is 4.92 Å². The Hall–Kier alpha value is -2.68. The Morgan fingerprint density at radius 3 is 2.69 bits per heavy atom. The summed E-state index contributed by atoms with van der Waals surface area (Å²) in [6.07, 6.45) is 0. The summed E-state index contributed by atoms with van der Waals surface area (Å²) in [5, 5.41) is 29.7. The second kappa shape index (κ2) is 3.47. The van der Waals surface area contributed by atoms with Crippen LogP contribution < -0.4 is 0 Å². The third kappa shape index (κ3) is 1.40. The zero-order valence-electron chi connectivity index (χ0n) is 7.99. The lowest BCUT2D eigenvalue weighted by atomic mass is 10.1. The van der Waals surface area contributed by atoms with Crippen molar-refractivity contribution < 1.29 is 10.0 Å². The van der Waals surface area contributed by atoms with Gasteiger partial charge in [-0.05, 0) is 17.5 Å². The average molecular weight is 216 g/mol. The predicted molar refractivity (Wildman–Crippen MR) is 57.0 cm³/mol. The Kier molecular flexibility index (Phi) is 2.14. The van der Waals surface area contributed by atoms with E-state index in [-0.39, 0.29) is 17.1 Å². The highest BCUT2D eigenvalue weighted by molar-refractivity contribution is 5.94. The van der Waals surface area contributed by atoms with Gasteiger partial charge in [-0.1, -0.05) is 0 Å². The molecule has 0 spiro atoms. The molecule has 0 aliphatic carbocycles. The maximum atomic E-state index is 10.5. The molecule has 0 heterocycles. The Morgan fingerprint density at radius 1 is 1.31 bits per heavy atom. The molecule has 2 aromatic carbocycles. The number of hydrogen-bond acceptors (Lipinski definition) is 4. The van der Waals surface area contributed by atoms with Crippen molar-refractivity contribution in [3.05, 3.63) is 45.4 Å². The third-order valence-electron chi connectivity index (χ3n) is 2.27. The van der Waals surface area contributed by atoms with Crippen LogP contribution in [0.1, 0.15) is 0 Å². The molecule has 0 saturated heterocycles. The molecule has 0 aliphatic heterocycles. The fourth-order valence-corrected chi connectivity index (χ4v) is 1.48. The van der Waals surface area contributed by atoms with E-state index in [1.807, 2.05) is 0 Å². The number of aromatic hydroxyl groups is 1. The summed E-state index contributed by atoms with van der Waals surface area (Å²) in [4.78, 5) is 12.9. The first-order valence-electron chi connectivity index (χ1n) is 4.38. The van der Waals surface area contributed by atoms with E-state index in [9.17, 15) is 15.2 Å². The van der Waals surface area contributed by atoms with Crippen LogP contribution in [-0.2, 0) is 0 Å². The van der Waals surface area contributed by atoms with Crippen LogP contribution in [-0.4, -0.2) is 10.0 Å². The second-order valence-electron chi connectivity index (χ2n) is 3.20. The predicted octanol–water partition coefficient (Wildman–Crippen LogP) is 2.94. The standard InChI is InChI=1S/C10H5N3O3/c11-12-9-4-1-6-5-7(13(15)16)2-3-8(6)10(9)14/h1-5H/p+1. The van der Waals surface area contributed by atoms with E-state index in [4.69, 9.17) is 5.39 Å². The minimum atomic E-state index is -0.513. The quantitative estimate of drug-likeness (QED) is 0.450. The van der Waals surface area contributed by atoms with Gasteiger partial charge < -0.3 is 5.11 Å². The number of nitrogens with zero attached hydrogens (tertiary/aromatic N) is 3. The van der Waals surface area contributed by atoms with Crippen LogP contribution in [0.5, 0.6) is 5.75 Å². The van der Waals surface area contributed by atoms with E-state index in [0.29, 0.717) is 10.8 Å². The number of nitro benzene ring substituents is 1. The van der Waals surface area contributed by atoms with Gasteiger partial charge in [0.2, 0.25) is 11.1 Å². The zero-order valence-corrected chi connectivity index (χ0v) is 7.99. The van der Waals surface area contributed by atoms with E-state index >= 15 is 0 Å². The fourth-order valence-electron chi connectivity index (χ4n) is 1.48. The topological polar surface area (TPSA) is 91.5 Å². The number of non-ortho nitro benzene ring substituents is 1. The van der Waals surface area contributed by atoms with Crippen LogP contribution in [0.15, 0.2) is 30.3 Å². The summed E-state index contributed by atoms with van der Waals surface area (Å²) in [7, 11) is 0. The summed E-state index contributed by atoms with van der Waals surface area (Å²) < 4.78 is 0. The molecule has 1 N–H and O–H groups in total. The molecule has 2 rings (SSSR count). The normalized spacial score (nSPS) is 9.94. The third-order valence-corrected chi connectivity index (χ3v) is 2.27. The van der Waals surface area contributed by atoms with Crippen molar-refractivity contribution in [2.45, 2.75) is 0 Å². The average Bonchev–Trinajstić information content (AvgIpc) is 2.29. The first kappa shape index (κ1) is 9.86. The molecular formula is C10H6N3O3+. The largest absolute Gasteiger partial charge is 0.501 e. The molecule has 2 aromatic rings. The smallest absolute Gasteiger partial charge is 0.426 e. The Bertz CT molecular complexity index is 631. The number of benzene rings is 2. The Morgan fingerprint density at radius 2 is 2.06 bits per heavy atom. The van der Waals surface area contributed by atoms with Crippen LogP contribution in [0.4, 0.5) is 11.4 Å². The molecule has 0 amide bonds. The lowest BCUT2D eigenvalue weighted by Gasteiger charge is -1.98. The summed E-state index contributed by atoms with van der Waals surface area (Å²) in [6.45, 7) is 0. The van der Waals surface area contributed by atoms with Crippen LogP contribution in [0.25, 0.3) is 15.7 Å².